The van der Waals surface area contributed by atoms with Crippen LogP contribution in [-0.2, 0) is 6.42 Å². The zero-order chi connectivity index (χ0) is 17.8. The molecule has 0 aliphatic rings. The van der Waals surface area contributed by atoms with Crippen LogP contribution >= 0.6 is 27.5 Å². The quantitative estimate of drug-likeness (QED) is 0.616. The molecule has 0 amide bonds. The van der Waals surface area contributed by atoms with Crippen molar-refractivity contribution in [3.63, 3.8) is 0 Å². The van der Waals surface area contributed by atoms with Crippen molar-refractivity contribution in [3.05, 3.63) is 63.7 Å². The van der Waals surface area contributed by atoms with Gasteiger partial charge in [0.05, 0.1) is 28.7 Å². The molecule has 3 aromatic rings. The Morgan fingerprint density at radius 1 is 1.12 bits per heavy atom. The molecule has 0 saturated heterocycles. The molecule has 1 N–H and O–H groups in total. The zero-order valence-corrected chi connectivity index (χ0v) is 16.1. The first-order chi connectivity index (χ1) is 12.1. The number of rotatable bonds is 6. The molecule has 4 nitrogen and oxygen atoms in total. The van der Waals surface area contributed by atoms with E-state index in [0.29, 0.717) is 17.9 Å². The minimum Gasteiger partial charge on any atom is -0.497 e. The zero-order valence-electron chi connectivity index (χ0n) is 13.7. The number of aliphatic hydroxyl groups is 1. The average Bonchev–Trinajstić information content (AvgIpc) is 2.97. The normalized spacial score (nSPS) is 10.9. The molecule has 0 radical (unpaired) electrons. The van der Waals surface area contributed by atoms with Gasteiger partial charge in [0.25, 0.3) is 0 Å². The number of benzene rings is 2. The Morgan fingerprint density at radius 2 is 1.80 bits per heavy atom. The lowest BCUT2D eigenvalue weighted by Crippen LogP contribution is -2.00. The van der Waals surface area contributed by atoms with E-state index in [1.807, 2.05) is 53.2 Å². The van der Waals surface area contributed by atoms with Crippen molar-refractivity contribution in [2.24, 2.45) is 0 Å². The molecule has 0 aliphatic carbocycles. The van der Waals surface area contributed by atoms with Crippen LogP contribution in [0.2, 0.25) is 5.02 Å². The third-order valence-corrected chi connectivity index (χ3v) is 4.99. The summed E-state index contributed by atoms with van der Waals surface area (Å²) in [7, 11) is 1.64. The first kappa shape index (κ1) is 18.0. The van der Waals surface area contributed by atoms with Gasteiger partial charge in [-0.15, -0.1) is 0 Å². The van der Waals surface area contributed by atoms with Crippen molar-refractivity contribution >= 4 is 27.5 Å². The highest BCUT2D eigenvalue weighted by Crippen LogP contribution is 2.34. The van der Waals surface area contributed by atoms with Gasteiger partial charge in [-0.25, -0.2) is 4.68 Å². The van der Waals surface area contributed by atoms with Gasteiger partial charge in [-0.3, -0.25) is 0 Å². The monoisotopic (exact) mass is 420 g/mol. The molecule has 25 heavy (non-hydrogen) atoms. The lowest BCUT2D eigenvalue weighted by atomic mass is 10.1. The van der Waals surface area contributed by atoms with E-state index in [1.165, 1.54) is 0 Å². The fourth-order valence-electron chi connectivity index (χ4n) is 2.62. The second kappa shape index (κ2) is 8.04. The van der Waals surface area contributed by atoms with E-state index in [2.05, 4.69) is 15.9 Å². The number of hydrogen-bond acceptors (Lipinski definition) is 3. The van der Waals surface area contributed by atoms with Crippen LogP contribution in [0.15, 0.2) is 53.0 Å². The highest BCUT2D eigenvalue weighted by Gasteiger charge is 2.18. The molecule has 2 aromatic carbocycles. The highest BCUT2D eigenvalue weighted by atomic mass is 79.9. The van der Waals surface area contributed by atoms with E-state index in [1.54, 1.807) is 7.11 Å². The standard InChI is InChI=1S/C19H18BrClN2O2/c1-25-16-10-8-15(9-11-16)23-19(13-4-6-14(21)7-5-13)18(20)17(22-23)3-2-12-24/h4-11,24H,2-3,12H2,1H3. The maximum absolute atomic E-state index is 9.14. The third-order valence-electron chi connectivity index (χ3n) is 3.90. The molecule has 0 saturated carbocycles. The second-order valence-corrected chi connectivity index (χ2v) is 6.78. The Hall–Kier alpha value is -1.82. The van der Waals surface area contributed by atoms with Crippen LogP contribution in [-0.4, -0.2) is 28.6 Å². The fraction of sp³-hybridized carbons (Fsp3) is 0.211. The summed E-state index contributed by atoms with van der Waals surface area (Å²) in [5.74, 6) is 0.795. The summed E-state index contributed by atoms with van der Waals surface area (Å²) in [5.41, 5.74) is 3.81. The summed E-state index contributed by atoms with van der Waals surface area (Å²) >= 11 is 9.72. The van der Waals surface area contributed by atoms with Crippen LogP contribution in [0.4, 0.5) is 0 Å². The van der Waals surface area contributed by atoms with Crippen molar-refractivity contribution < 1.29 is 9.84 Å². The number of aryl methyl sites for hydroxylation is 1. The van der Waals surface area contributed by atoms with Crippen molar-refractivity contribution in [1.82, 2.24) is 9.78 Å². The van der Waals surface area contributed by atoms with Gasteiger partial charge in [-0.2, -0.15) is 5.10 Å². The maximum Gasteiger partial charge on any atom is 0.119 e. The lowest BCUT2D eigenvalue weighted by molar-refractivity contribution is 0.288. The lowest BCUT2D eigenvalue weighted by Gasteiger charge is -2.09. The summed E-state index contributed by atoms with van der Waals surface area (Å²) in [4.78, 5) is 0. The minimum absolute atomic E-state index is 0.137. The molecular formula is C19H18BrClN2O2. The molecule has 0 atom stereocenters. The molecular weight excluding hydrogens is 404 g/mol. The van der Waals surface area contributed by atoms with Crippen molar-refractivity contribution in [3.8, 4) is 22.7 Å². The second-order valence-electron chi connectivity index (χ2n) is 5.55. The van der Waals surface area contributed by atoms with Crippen LogP contribution < -0.4 is 4.74 Å². The van der Waals surface area contributed by atoms with Gasteiger partial charge in [0.15, 0.2) is 0 Å². The Kier molecular flexibility index (Phi) is 5.78. The first-order valence-corrected chi connectivity index (χ1v) is 9.09. The molecule has 0 spiro atoms. The molecule has 6 heteroatoms. The third kappa shape index (κ3) is 3.89. The van der Waals surface area contributed by atoms with E-state index in [0.717, 1.165) is 32.9 Å². The first-order valence-electron chi connectivity index (χ1n) is 7.92. The number of nitrogens with zero attached hydrogens (tertiary/aromatic N) is 2. The van der Waals surface area contributed by atoms with Crippen LogP contribution in [0.1, 0.15) is 12.1 Å². The molecule has 0 fully saturated rings. The van der Waals surface area contributed by atoms with Crippen LogP contribution in [0.25, 0.3) is 16.9 Å². The Balaban J connectivity index is 2.12. The summed E-state index contributed by atoms with van der Waals surface area (Å²) in [6.45, 7) is 0.137. The summed E-state index contributed by atoms with van der Waals surface area (Å²) in [5, 5.41) is 14.6. The SMILES string of the molecule is COc1ccc(-n2nc(CCCO)c(Br)c2-c2ccc(Cl)cc2)cc1. The van der Waals surface area contributed by atoms with Crippen LogP contribution in [0.5, 0.6) is 5.75 Å². The van der Waals surface area contributed by atoms with Gasteiger partial charge < -0.3 is 9.84 Å². The van der Waals surface area contributed by atoms with Gasteiger partial charge >= 0.3 is 0 Å². The molecule has 0 bridgehead atoms. The maximum atomic E-state index is 9.14. The Labute approximate surface area is 160 Å². The summed E-state index contributed by atoms with van der Waals surface area (Å²) in [6.07, 6.45) is 1.36. The predicted octanol–water partition coefficient (Wildman–Crippen LogP) is 4.89. The Morgan fingerprint density at radius 3 is 2.40 bits per heavy atom. The van der Waals surface area contributed by atoms with Crippen molar-refractivity contribution in [2.75, 3.05) is 13.7 Å². The van der Waals surface area contributed by atoms with E-state index < -0.39 is 0 Å². The molecule has 1 heterocycles. The predicted molar refractivity (Wildman–Crippen MR) is 104 cm³/mol. The molecule has 0 aliphatic heterocycles. The van der Waals surface area contributed by atoms with Crippen molar-refractivity contribution in [2.45, 2.75) is 12.8 Å². The summed E-state index contributed by atoms with van der Waals surface area (Å²) in [6, 6.07) is 15.4. The number of aromatic nitrogens is 2. The van der Waals surface area contributed by atoms with E-state index in [-0.39, 0.29) is 6.61 Å². The van der Waals surface area contributed by atoms with Crippen LogP contribution in [0.3, 0.4) is 0 Å². The summed E-state index contributed by atoms with van der Waals surface area (Å²) < 4.78 is 8.07. The topological polar surface area (TPSA) is 47.3 Å². The largest absolute Gasteiger partial charge is 0.497 e. The van der Waals surface area contributed by atoms with Crippen molar-refractivity contribution in [1.29, 1.82) is 0 Å². The molecule has 1 aromatic heterocycles. The van der Waals surface area contributed by atoms with Gasteiger partial charge in [0.2, 0.25) is 0 Å². The van der Waals surface area contributed by atoms with Gasteiger partial charge in [0, 0.05) is 17.2 Å². The van der Waals surface area contributed by atoms with Crippen LogP contribution in [0, 0.1) is 0 Å². The fourth-order valence-corrected chi connectivity index (χ4v) is 3.42. The number of ether oxygens (including phenoxy) is 1. The van der Waals surface area contributed by atoms with Gasteiger partial charge in [-0.1, -0.05) is 23.7 Å². The molecule has 130 valence electrons. The average molecular weight is 422 g/mol. The molecule has 0 unspecified atom stereocenters. The molecule has 3 rings (SSSR count). The smallest absolute Gasteiger partial charge is 0.119 e. The minimum atomic E-state index is 0.137. The van der Waals surface area contributed by atoms with E-state index in [4.69, 9.17) is 26.5 Å². The van der Waals surface area contributed by atoms with E-state index in [9.17, 15) is 0 Å². The van der Waals surface area contributed by atoms with Gasteiger partial charge in [0.1, 0.15) is 5.75 Å². The highest BCUT2D eigenvalue weighted by molar-refractivity contribution is 9.10. The van der Waals surface area contributed by atoms with Gasteiger partial charge in [-0.05, 0) is 65.2 Å². The number of methoxy groups -OCH3 is 1. The number of halogens is 2. The number of aliphatic hydroxyl groups excluding tert-OH is 1. The van der Waals surface area contributed by atoms with E-state index >= 15 is 0 Å². The number of hydrogen-bond donors (Lipinski definition) is 1. The Bertz CT molecular complexity index is 845.